The van der Waals surface area contributed by atoms with Gasteiger partial charge in [-0.1, -0.05) is 0 Å². The maximum Gasteiger partial charge on any atom is 0.186 e. The highest BCUT2D eigenvalue weighted by molar-refractivity contribution is 4.89. The summed E-state index contributed by atoms with van der Waals surface area (Å²) in [5.41, 5.74) is 0. The molecule has 8 nitrogen and oxygen atoms in total. The van der Waals surface area contributed by atoms with Crippen LogP contribution in [0.5, 0.6) is 0 Å². The van der Waals surface area contributed by atoms with Crippen LogP contribution in [0, 0.1) is 0 Å². The summed E-state index contributed by atoms with van der Waals surface area (Å²) >= 11 is 0. The van der Waals surface area contributed by atoms with Crippen molar-refractivity contribution in [3.63, 3.8) is 0 Å². The molecule has 0 aromatic carbocycles. The molecule has 5 N–H and O–H groups in total. The summed E-state index contributed by atoms with van der Waals surface area (Å²) in [7, 11) is 0. The van der Waals surface area contributed by atoms with E-state index in [9.17, 15) is 25.5 Å². The third-order valence-corrected chi connectivity index (χ3v) is 3.70. The zero-order valence-corrected chi connectivity index (χ0v) is 11.4. The molecule has 0 amide bonds. The molecule has 2 saturated heterocycles. The van der Waals surface area contributed by atoms with Crippen molar-refractivity contribution < 1.29 is 39.7 Å². The number of aliphatic hydroxyl groups excluding tert-OH is 5. The van der Waals surface area contributed by atoms with Crippen molar-refractivity contribution in [1.29, 1.82) is 0 Å². The van der Waals surface area contributed by atoms with Gasteiger partial charge in [0.2, 0.25) is 0 Å². The topological polar surface area (TPSA) is 129 Å². The fourth-order valence-corrected chi connectivity index (χ4v) is 2.50. The normalized spacial score (nSPS) is 53.9. The van der Waals surface area contributed by atoms with Gasteiger partial charge in [0.1, 0.15) is 24.4 Å². The first-order chi connectivity index (χ1) is 9.31. The number of ether oxygens (including phenoxy) is 3. The first kappa shape index (κ1) is 16.1. The van der Waals surface area contributed by atoms with E-state index in [-0.39, 0.29) is 12.5 Å². The summed E-state index contributed by atoms with van der Waals surface area (Å²) in [6, 6.07) is 0. The van der Waals surface area contributed by atoms with Gasteiger partial charge < -0.3 is 39.7 Å². The molecule has 0 unspecified atom stereocenters. The van der Waals surface area contributed by atoms with E-state index in [1.807, 2.05) is 0 Å². The van der Waals surface area contributed by atoms with Crippen molar-refractivity contribution in [2.75, 3.05) is 0 Å². The summed E-state index contributed by atoms with van der Waals surface area (Å²) in [6.07, 6.45) is -9.53. The average Bonchev–Trinajstić information content (AvgIpc) is 2.37. The van der Waals surface area contributed by atoms with Crippen molar-refractivity contribution in [2.24, 2.45) is 0 Å². The number of rotatable bonds is 2. The van der Waals surface area contributed by atoms with Crippen LogP contribution in [0.2, 0.25) is 0 Å². The predicted octanol–water partition coefficient (Wildman–Crippen LogP) is -2.31. The van der Waals surface area contributed by atoms with Crippen molar-refractivity contribution in [3.8, 4) is 0 Å². The lowest BCUT2D eigenvalue weighted by Gasteiger charge is -2.43. The Labute approximate surface area is 116 Å². The van der Waals surface area contributed by atoms with E-state index in [1.54, 1.807) is 13.8 Å². The molecule has 2 fully saturated rings. The van der Waals surface area contributed by atoms with Gasteiger partial charge in [-0.2, -0.15) is 0 Å². The molecule has 0 bridgehead atoms. The highest BCUT2D eigenvalue weighted by Gasteiger charge is 2.46. The molecule has 8 heteroatoms. The zero-order valence-electron chi connectivity index (χ0n) is 11.4. The highest BCUT2D eigenvalue weighted by atomic mass is 16.7. The fourth-order valence-electron chi connectivity index (χ4n) is 2.50. The summed E-state index contributed by atoms with van der Waals surface area (Å²) in [5.74, 6) is 0. The predicted molar refractivity (Wildman–Crippen MR) is 64.4 cm³/mol. The van der Waals surface area contributed by atoms with Crippen molar-refractivity contribution in [3.05, 3.63) is 0 Å². The van der Waals surface area contributed by atoms with E-state index >= 15 is 0 Å². The summed E-state index contributed by atoms with van der Waals surface area (Å²) < 4.78 is 15.9. The first-order valence-corrected chi connectivity index (χ1v) is 6.68. The third kappa shape index (κ3) is 3.12. The van der Waals surface area contributed by atoms with Crippen LogP contribution in [0.25, 0.3) is 0 Å². The molecule has 20 heavy (non-hydrogen) atoms. The van der Waals surface area contributed by atoms with Crippen LogP contribution in [-0.4, -0.2) is 80.8 Å². The second-order valence-electron chi connectivity index (χ2n) is 5.42. The van der Waals surface area contributed by atoms with Crippen molar-refractivity contribution in [2.45, 2.75) is 75.6 Å². The molecule has 0 saturated carbocycles. The lowest BCUT2D eigenvalue weighted by atomic mass is 9.99. The molecule has 0 aliphatic carbocycles. The third-order valence-electron chi connectivity index (χ3n) is 3.70. The van der Waals surface area contributed by atoms with Gasteiger partial charge >= 0.3 is 0 Å². The SMILES string of the molecule is C[C@@H]1C[C@H](O)[C@@H](O)[C@H](O[C@H]2[C@H](O)[C@H](O)[C@H](O)O[C@@H]2C)O1. The molecular weight excluding hydrogens is 272 g/mol. The monoisotopic (exact) mass is 294 g/mol. The average molecular weight is 294 g/mol. The molecule has 2 heterocycles. The van der Waals surface area contributed by atoms with Gasteiger partial charge in [-0.05, 0) is 13.8 Å². The van der Waals surface area contributed by atoms with Gasteiger partial charge in [-0.15, -0.1) is 0 Å². The maximum atomic E-state index is 9.91. The van der Waals surface area contributed by atoms with E-state index in [2.05, 4.69) is 0 Å². The number of hydrogen-bond acceptors (Lipinski definition) is 8. The molecule has 118 valence electrons. The summed E-state index contributed by atoms with van der Waals surface area (Å²) in [6.45, 7) is 3.28. The molecule has 0 aromatic heterocycles. The van der Waals surface area contributed by atoms with E-state index < -0.39 is 49.2 Å². The van der Waals surface area contributed by atoms with Gasteiger partial charge in [0.25, 0.3) is 0 Å². The molecule has 2 rings (SSSR count). The van der Waals surface area contributed by atoms with Crippen LogP contribution in [0.15, 0.2) is 0 Å². The van der Waals surface area contributed by atoms with E-state index in [0.717, 1.165) is 0 Å². The Bertz CT molecular complexity index is 327. The van der Waals surface area contributed by atoms with Crippen LogP contribution in [0.4, 0.5) is 0 Å². The second-order valence-corrected chi connectivity index (χ2v) is 5.42. The van der Waals surface area contributed by atoms with Crippen LogP contribution in [0.3, 0.4) is 0 Å². The smallest absolute Gasteiger partial charge is 0.186 e. The summed E-state index contributed by atoms with van der Waals surface area (Å²) in [4.78, 5) is 0. The van der Waals surface area contributed by atoms with Crippen LogP contribution >= 0.6 is 0 Å². The molecule has 0 spiro atoms. The molecule has 0 radical (unpaired) electrons. The van der Waals surface area contributed by atoms with E-state index in [4.69, 9.17) is 14.2 Å². The van der Waals surface area contributed by atoms with Crippen molar-refractivity contribution >= 4 is 0 Å². The molecule has 2 aliphatic rings. The summed E-state index contributed by atoms with van der Waals surface area (Å²) in [5, 5.41) is 48.4. The zero-order chi connectivity index (χ0) is 15.0. The maximum absolute atomic E-state index is 9.91. The minimum Gasteiger partial charge on any atom is -0.390 e. The van der Waals surface area contributed by atoms with Gasteiger partial charge in [-0.3, -0.25) is 0 Å². The standard InChI is InChI=1S/C12H22O8/c1-4-3-6(13)7(14)12(18-4)20-10-5(2)19-11(17)9(16)8(10)15/h4-17H,3H2,1-2H3/t4-,5-,6+,7-,8-,9+,10-,11-,12+/m1/s1. The van der Waals surface area contributed by atoms with Crippen LogP contribution < -0.4 is 0 Å². The fraction of sp³-hybridized carbons (Fsp3) is 1.00. The van der Waals surface area contributed by atoms with Gasteiger partial charge in [0, 0.05) is 6.42 Å². The Hall–Kier alpha value is -0.320. The number of hydrogen-bond donors (Lipinski definition) is 5. The van der Waals surface area contributed by atoms with Crippen molar-refractivity contribution in [1.82, 2.24) is 0 Å². The highest BCUT2D eigenvalue weighted by Crippen LogP contribution is 2.27. The first-order valence-electron chi connectivity index (χ1n) is 6.68. The molecule has 9 atom stereocenters. The van der Waals surface area contributed by atoms with Crippen LogP contribution in [-0.2, 0) is 14.2 Å². The Morgan fingerprint density at radius 3 is 2.20 bits per heavy atom. The second kappa shape index (κ2) is 6.20. The lowest BCUT2D eigenvalue weighted by Crippen LogP contribution is -2.60. The Morgan fingerprint density at radius 1 is 0.900 bits per heavy atom. The van der Waals surface area contributed by atoms with Gasteiger partial charge in [0.05, 0.1) is 18.3 Å². The van der Waals surface area contributed by atoms with E-state index in [1.165, 1.54) is 0 Å². The van der Waals surface area contributed by atoms with E-state index in [0.29, 0.717) is 0 Å². The quantitative estimate of drug-likeness (QED) is 0.384. The Balaban J connectivity index is 2.04. The molecule has 2 aliphatic heterocycles. The Morgan fingerprint density at radius 2 is 1.55 bits per heavy atom. The molecule has 0 aromatic rings. The molecular formula is C12H22O8. The number of aliphatic hydroxyl groups is 5. The Kier molecular flexibility index (Phi) is 4.98. The minimum atomic E-state index is -1.51. The lowest BCUT2D eigenvalue weighted by molar-refractivity contribution is -0.337. The minimum absolute atomic E-state index is 0.279. The van der Waals surface area contributed by atoms with Gasteiger partial charge in [-0.25, -0.2) is 0 Å². The van der Waals surface area contributed by atoms with Gasteiger partial charge in [0.15, 0.2) is 12.6 Å². The largest absolute Gasteiger partial charge is 0.390 e. The van der Waals surface area contributed by atoms with Crippen LogP contribution in [0.1, 0.15) is 20.3 Å².